The van der Waals surface area contributed by atoms with Crippen molar-refractivity contribution in [3.05, 3.63) is 22.4 Å². The Balaban J connectivity index is 1.81. The second kappa shape index (κ2) is 6.05. The van der Waals surface area contributed by atoms with Crippen LogP contribution in [0.2, 0.25) is 0 Å². The lowest BCUT2D eigenvalue weighted by Crippen LogP contribution is -2.40. The Labute approximate surface area is 118 Å². The van der Waals surface area contributed by atoms with Gasteiger partial charge in [-0.05, 0) is 30.2 Å². The SMILES string of the molecule is CS(=O)(=O)CC1CCN(C(=O)Cc2cccs2)CC1. The Morgan fingerprint density at radius 2 is 2.11 bits per heavy atom. The molecule has 6 heteroatoms. The molecule has 0 radical (unpaired) electrons. The molecule has 0 atom stereocenters. The molecule has 106 valence electrons. The maximum absolute atomic E-state index is 12.1. The number of carbonyl (C=O) groups excluding carboxylic acids is 1. The first-order valence-electron chi connectivity index (χ1n) is 6.42. The van der Waals surface area contributed by atoms with Crippen LogP contribution in [0.15, 0.2) is 17.5 Å². The second-order valence-electron chi connectivity index (χ2n) is 5.17. The lowest BCUT2D eigenvalue weighted by molar-refractivity contribution is -0.131. The van der Waals surface area contributed by atoms with Gasteiger partial charge in [-0.1, -0.05) is 6.07 Å². The number of carbonyl (C=O) groups is 1. The molecule has 0 unspecified atom stereocenters. The van der Waals surface area contributed by atoms with E-state index in [1.807, 2.05) is 22.4 Å². The highest BCUT2D eigenvalue weighted by Gasteiger charge is 2.25. The van der Waals surface area contributed by atoms with Crippen LogP contribution in [0.1, 0.15) is 17.7 Å². The lowest BCUT2D eigenvalue weighted by Gasteiger charge is -2.31. The number of hydrogen-bond donors (Lipinski definition) is 0. The average Bonchev–Trinajstić information content (AvgIpc) is 2.80. The molecule has 0 aliphatic carbocycles. The molecule has 1 fully saturated rings. The predicted molar refractivity (Wildman–Crippen MR) is 77.0 cm³/mol. The first-order chi connectivity index (χ1) is 8.94. The van der Waals surface area contributed by atoms with E-state index in [9.17, 15) is 13.2 Å². The third-order valence-corrected chi connectivity index (χ3v) is 5.36. The van der Waals surface area contributed by atoms with Crippen LogP contribution in [0.3, 0.4) is 0 Å². The topological polar surface area (TPSA) is 54.5 Å². The first-order valence-corrected chi connectivity index (χ1v) is 9.36. The van der Waals surface area contributed by atoms with Crippen LogP contribution in [0.25, 0.3) is 0 Å². The third-order valence-electron chi connectivity index (χ3n) is 3.41. The smallest absolute Gasteiger partial charge is 0.227 e. The van der Waals surface area contributed by atoms with Crippen molar-refractivity contribution in [2.45, 2.75) is 19.3 Å². The van der Waals surface area contributed by atoms with Gasteiger partial charge in [-0.3, -0.25) is 4.79 Å². The summed E-state index contributed by atoms with van der Waals surface area (Å²) in [6, 6.07) is 3.92. The van der Waals surface area contributed by atoms with Crippen molar-refractivity contribution in [2.24, 2.45) is 5.92 Å². The maximum atomic E-state index is 12.1. The summed E-state index contributed by atoms with van der Waals surface area (Å²) in [4.78, 5) is 15.0. The maximum Gasteiger partial charge on any atom is 0.227 e. The van der Waals surface area contributed by atoms with E-state index in [-0.39, 0.29) is 17.6 Å². The Morgan fingerprint density at radius 1 is 1.42 bits per heavy atom. The van der Waals surface area contributed by atoms with Gasteiger partial charge in [0.15, 0.2) is 0 Å². The fourth-order valence-electron chi connectivity index (χ4n) is 2.45. The molecule has 4 nitrogen and oxygen atoms in total. The molecular weight excluding hydrogens is 282 g/mol. The minimum atomic E-state index is -2.90. The molecule has 1 aliphatic rings. The largest absolute Gasteiger partial charge is 0.342 e. The van der Waals surface area contributed by atoms with E-state index >= 15 is 0 Å². The normalized spacial score (nSPS) is 17.6. The zero-order valence-electron chi connectivity index (χ0n) is 11.0. The molecule has 0 saturated carbocycles. The first kappa shape index (κ1) is 14.5. The van der Waals surface area contributed by atoms with E-state index in [4.69, 9.17) is 0 Å². The summed E-state index contributed by atoms with van der Waals surface area (Å²) in [5.74, 6) is 0.612. The molecule has 0 aromatic carbocycles. The highest BCUT2D eigenvalue weighted by molar-refractivity contribution is 7.90. The standard InChI is InChI=1S/C13H19NO3S2/c1-19(16,17)10-11-4-6-14(7-5-11)13(15)9-12-3-2-8-18-12/h2-3,8,11H,4-7,9-10H2,1H3. The lowest BCUT2D eigenvalue weighted by atomic mass is 9.99. The molecule has 19 heavy (non-hydrogen) atoms. The van der Waals surface area contributed by atoms with Gasteiger partial charge in [-0.15, -0.1) is 11.3 Å². The van der Waals surface area contributed by atoms with Crippen LogP contribution in [-0.4, -0.2) is 44.3 Å². The molecule has 1 aliphatic heterocycles. The summed E-state index contributed by atoms with van der Waals surface area (Å²) in [5.41, 5.74) is 0. The monoisotopic (exact) mass is 301 g/mol. The van der Waals surface area contributed by atoms with Crippen LogP contribution in [-0.2, 0) is 21.1 Å². The summed E-state index contributed by atoms with van der Waals surface area (Å²) >= 11 is 1.60. The minimum absolute atomic E-state index is 0.153. The van der Waals surface area contributed by atoms with Gasteiger partial charge in [0.2, 0.25) is 5.91 Å². The number of thiophene rings is 1. The molecule has 1 amide bonds. The molecule has 1 aromatic heterocycles. The number of nitrogens with zero attached hydrogens (tertiary/aromatic N) is 1. The molecular formula is C13H19NO3S2. The van der Waals surface area contributed by atoms with Crippen LogP contribution in [0.4, 0.5) is 0 Å². The number of likely N-dealkylation sites (tertiary alicyclic amines) is 1. The van der Waals surface area contributed by atoms with Gasteiger partial charge in [-0.25, -0.2) is 8.42 Å². The van der Waals surface area contributed by atoms with E-state index in [0.717, 1.165) is 17.7 Å². The molecule has 2 heterocycles. The molecule has 0 bridgehead atoms. The van der Waals surface area contributed by atoms with Gasteiger partial charge in [-0.2, -0.15) is 0 Å². The van der Waals surface area contributed by atoms with Crippen molar-refractivity contribution in [3.8, 4) is 0 Å². The van der Waals surface area contributed by atoms with Crippen molar-refractivity contribution in [2.75, 3.05) is 25.1 Å². The zero-order valence-corrected chi connectivity index (χ0v) is 12.7. The van der Waals surface area contributed by atoms with Gasteiger partial charge < -0.3 is 4.90 Å². The van der Waals surface area contributed by atoms with Crippen LogP contribution in [0.5, 0.6) is 0 Å². The Bertz CT molecular complexity index is 514. The average molecular weight is 301 g/mol. The van der Waals surface area contributed by atoms with Crippen molar-refractivity contribution in [1.82, 2.24) is 4.90 Å². The van der Waals surface area contributed by atoms with Gasteiger partial charge in [0, 0.05) is 24.2 Å². The Hall–Kier alpha value is -0.880. The van der Waals surface area contributed by atoms with Crippen LogP contribution in [0, 0.1) is 5.92 Å². The van der Waals surface area contributed by atoms with Crippen LogP contribution >= 0.6 is 11.3 Å². The van der Waals surface area contributed by atoms with Crippen molar-refractivity contribution in [3.63, 3.8) is 0 Å². The highest BCUT2D eigenvalue weighted by Crippen LogP contribution is 2.20. The highest BCUT2D eigenvalue weighted by atomic mass is 32.2. The number of hydrogen-bond acceptors (Lipinski definition) is 4. The number of amides is 1. The Morgan fingerprint density at radius 3 is 2.63 bits per heavy atom. The molecule has 1 saturated heterocycles. The van der Waals surface area contributed by atoms with E-state index in [1.54, 1.807) is 11.3 Å². The van der Waals surface area contributed by atoms with Gasteiger partial charge in [0.05, 0.1) is 12.2 Å². The summed E-state index contributed by atoms with van der Waals surface area (Å²) < 4.78 is 22.5. The zero-order chi connectivity index (χ0) is 13.9. The van der Waals surface area contributed by atoms with Gasteiger partial charge in [0.25, 0.3) is 0 Å². The molecule has 1 aromatic rings. The van der Waals surface area contributed by atoms with E-state index in [0.29, 0.717) is 19.5 Å². The molecule has 0 spiro atoms. The summed E-state index contributed by atoms with van der Waals surface area (Å²) in [5, 5.41) is 1.97. The van der Waals surface area contributed by atoms with Crippen LogP contribution < -0.4 is 0 Å². The van der Waals surface area contributed by atoms with Gasteiger partial charge >= 0.3 is 0 Å². The number of piperidine rings is 1. The van der Waals surface area contributed by atoms with Crippen molar-refractivity contribution >= 4 is 27.1 Å². The fraction of sp³-hybridized carbons (Fsp3) is 0.615. The minimum Gasteiger partial charge on any atom is -0.342 e. The summed E-state index contributed by atoms with van der Waals surface area (Å²) in [6.45, 7) is 1.37. The molecule has 0 N–H and O–H groups in total. The van der Waals surface area contributed by atoms with E-state index in [1.165, 1.54) is 6.26 Å². The molecule has 2 rings (SSSR count). The van der Waals surface area contributed by atoms with E-state index < -0.39 is 9.84 Å². The second-order valence-corrected chi connectivity index (χ2v) is 8.39. The summed E-state index contributed by atoms with van der Waals surface area (Å²) in [7, 11) is -2.90. The van der Waals surface area contributed by atoms with E-state index in [2.05, 4.69) is 0 Å². The number of rotatable bonds is 4. The van der Waals surface area contributed by atoms with Crippen molar-refractivity contribution < 1.29 is 13.2 Å². The quantitative estimate of drug-likeness (QED) is 0.848. The number of sulfone groups is 1. The van der Waals surface area contributed by atoms with Gasteiger partial charge in [0.1, 0.15) is 9.84 Å². The predicted octanol–water partition coefficient (Wildman–Crippen LogP) is 1.57. The summed E-state index contributed by atoms with van der Waals surface area (Å²) in [6.07, 6.45) is 3.34. The third kappa shape index (κ3) is 4.62. The van der Waals surface area contributed by atoms with Crippen molar-refractivity contribution in [1.29, 1.82) is 0 Å². The Kier molecular flexibility index (Phi) is 4.62. The fourth-order valence-corrected chi connectivity index (χ4v) is 4.34.